The summed E-state index contributed by atoms with van der Waals surface area (Å²) in [6.45, 7) is 4.65. The average molecular weight is 190 g/mol. The van der Waals surface area contributed by atoms with E-state index in [9.17, 15) is 4.79 Å². The van der Waals surface area contributed by atoms with Gasteiger partial charge in [-0.2, -0.15) is 0 Å². The SMILES string of the molecule is CC(C)C1(c2ccccc2)COC1=O. The Morgan fingerprint density at radius 1 is 1.29 bits per heavy atom. The first kappa shape index (κ1) is 9.25. The standard InChI is InChI=1S/C12H14O2/c1-9(2)12(8-14-11(12)13)10-6-4-3-5-7-10/h3-7,9H,8H2,1-2H3. The summed E-state index contributed by atoms with van der Waals surface area (Å²) in [6.07, 6.45) is 0. The molecule has 1 atom stereocenters. The zero-order valence-corrected chi connectivity index (χ0v) is 8.49. The Hall–Kier alpha value is -1.31. The van der Waals surface area contributed by atoms with Gasteiger partial charge in [-0.3, -0.25) is 4.79 Å². The van der Waals surface area contributed by atoms with E-state index in [1.807, 2.05) is 30.3 Å². The predicted molar refractivity (Wildman–Crippen MR) is 53.9 cm³/mol. The highest BCUT2D eigenvalue weighted by atomic mass is 16.6. The maximum absolute atomic E-state index is 11.6. The third-order valence-electron chi connectivity index (χ3n) is 3.07. The number of rotatable bonds is 2. The summed E-state index contributed by atoms with van der Waals surface area (Å²) < 4.78 is 4.92. The fourth-order valence-corrected chi connectivity index (χ4v) is 1.96. The molecule has 0 bridgehead atoms. The Kier molecular flexibility index (Phi) is 2.06. The van der Waals surface area contributed by atoms with Crippen LogP contribution in [0.15, 0.2) is 30.3 Å². The molecule has 14 heavy (non-hydrogen) atoms. The Labute approximate surface area is 83.9 Å². The van der Waals surface area contributed by atoms with Crippen molar-refractivity contribution in [3.63, 3.8) is 0 Å². The van der Waals surface area contributed by atoms with Crippen molar-refractivity contribution in [2.75, 3.05) is 6.61 Å². The molecule has 0 amide bonds. The number of benzene rings is 1. The molecule has 2 nitrogen and oxygen atoms in total. The number of hydrogen-bond acceptors (Lipinski definition) is 2. The van der Waals surface area contributed by atoms with Gasteiger partial charge < -0.3 is 4.74 Å². The topological polar surface area (TPSA) is 26.3 Å². The predicted octanol–water partition coefficient (Wildman–Crippen LogP) is 2.14. The number of ether oxygens (including phenoxy) is 1. The molecule has 1 unspecified atom stereocenters. The van der Waals surface area contributed by atoms with Crippen LogP contribution in [0.3, 0.4) is 0 Å². The Balaban J connectivity index is 2.43. The van der Waals surface area contributed by atoms with E-state index < -0.39 is 0 Å². The lowest BCUT2D eigenvalue weighted by Crippen LogP contribution is -2.55. The number of cyclic esters (lactones) is 1. The maximum atomic E-state index is 11.6. The Morgan fingerprint density at radius 3 is 2.29 bits per heavy atom. The Bertz CT molecular complexity index is 343. The molecule has 1 aromatic carbocycles. The van der Waals surface area contributed by atoms with Crippen LogP contribution in [0.5, 0.6) is 0 Å². The second kappa shape index (κ2) is 3.12. The summed E-state index contributed by atoms with van der Waals surface area (Å²) in [5, 5.41) is 0. The first-order chi connectivity index (χ1) is 6.68. The van der Waals surface area contributed by atoms with Crippen molar-refractivity contribution in [2.45, 2.75) is 19.3 Å². The van der Waals surface area contributed by atoms with Crippen LogP contribution in [0.4, 0.5) is 0 Å². The largest absolute Gasteiger partial charge is 0.463 e. The van der Waals surface area contributed by atoms with E-state index in [0.717, 1.165) is 5.56 Å². The van der Waals surface area contributed by atoms with E-state index in [1.54, 1.807) is 0 Å². The van der Waals surface area contributed by atoms with Crippen LogP contribution < -0.4 is 0 Å². The van der Waals surface area contributed by atoms with Crippen LogP contribution in [0, 0.1) is 5.92 Å². The molecule has 0 spiro atoms. The molecular formula is C12H14O2. The van der Waals surface area contributed by atoms with Crippen molar-refractivity contribution in [3.05, 3.63) is 35.9 Å². The van der Waals surface area contributed by atoms with Crippen molar-refractivity contribution in [1.82, 2.24) is 0 Å². The van der Waals surface area contributed by atoms with Crippen LogP contribution in [0.2, 0.25) is 0 Å². The van der Waals surface area contributed by atoms with Gasteiger partial charge in [-0.1, -0.05) is 44.2 Å². The molecule has 0 aromatic heterocycles. The van der Waals surface area contributed by atoms with E-state index in [2.05, 4.69) is 13.8 Å². The molecule has 1 saturated heterocycles. The van der Waals surface area contributed by atoms with E-state index >= 15 is 0 Å². The van der Waals surface area contributed by atoms with Gasteiger partial charge in [0.05, 0.1) is 0 Å². The van der Waals surface area contributed by atoms with Gasteiger partial charge in [0.1, 0.15) is 12.0 Å². The smallest absolute Gasteiger partial charge is 0.320 e. The van der Waals surface area contributed by atoms with Crippen molar-refractivity contribution in [1.29, 1.82) is 0 Å². The van der Waals surface area contributed by atoms with Crippen LogP contribution >= 0.6 is 0 Å². The lowest BCUT2D eigenvalue weighted by Gasteiger charge is -2.42. The summed E-state index contributed by atoms with van der Waals surface area (Å²) >= 11 is 0. The number of carbonyl (C=O) groups excluding carboxylic acids is 1. The van der Waals surface area contributed by atoms with Gasteiger partial charge >= 0.3 is 5.97 Å². The van der Waals surface area contributed by atoms with Gasteiger partial charge in [0.15, 0.2) is 0 Å². The molecule has 0 N–H and O–H groups in total. The van der Waals surface area contributed by atoms with Gasteiger partial charge in [-0.25, -0.2) is 0 Å². The average Bonchev–Trinajstić information content (AvgIpc) is 2.17. The molecule has 1 fully saturated rings. The summed E-state index contributed by atoms with van der Waals surface area (Å²) in [5.41, 5.74) is 0.688. The normalized spacial score (nSPS) is 25.8. The van der Waals surface area contributed by atoms with E-state index in [4.69, 9.17) is 4.74 Å². The summed E-state index contributed by atoms with van der Waals surface area (Å²) in [4.78, 5) is 11.6. The summed E-state index contributed by atoms with van der Waals surface area (Å²) in [5.74, 6) is 0.199. The van der Waals surface area contributed by atoms with E-state index in [1.165, 1.54) is 0 Å². The van der Waals surface area contributed by atoms with Gasteiger partial charge in [0.25, 0.3) is 0 Å². The molecule has 0 aliphatic carbocycles. The number of hydrogen-bond donors (Lipinski definition) is 0. The number of esters is 1. The third kappa shape index (κ3) is 1.07. The first-order valence-corrected chi connectivity index (χ1v) is 4.90. The lowest BCUT2D eigenvalue weighted by atomic mass is 9.69. The molecule has 0 radical (unpaired) electrons. The van der Waals surface area contributed by atoms with Crippen LogP contribution in [0.1, 0.15) is 19.4 Å². The summed E-state index contributed by atoms with van der Waals surface area (Å²) in [7, 11) is 0. The van der Waals surface area contributed by atoms with E-state index in [0.29, 0.717) is 6.61 Å². The minimum Gasteiger partial charge on any atom is -0.463 e. The van der Waals surface area contributed by atoms with Crippen LogP contribution in [-0.2, 0) is 14.9 Å². The minimum atomic E-state index is -0.388. The quantitative estimate of drug-likeness (QED) is 0.668. The molecule has 1 aliphatic rings. The van der Waals surface area contributed by atoms with Crippen molar-refractivity contribution < 1.29 is 9.53 Å². The second-order valence-electron chi connectivity index (χ2n) is 4.07. The second-order valence-corrected chi connectivity index (χ2v) is 4.07. The van der Waals surface area contributed by atoms with Crippen LogP contribution in [0.25, 0.3) is 0 Å². The maximum Gasteiger partial charge on any atom is 0.320 e. The molecule has 74 valence electrons. The molecule has 2 rings (SSSR count). The highest BCUT2D eigenvalue weighted by Crippen LogP contribution is 2.40. The van der Waals surface area contributed by atoms with Gasteiger partial charge in [-0.15, -0.1) is 0 Å². The van der Waals surface area contributed by atoms with Crippen molar-refractivity contribution >= 4 is 5.97 Å². The Morgan fingerprint density at radius 2 is 1.93 bits per heavy atom. The molecule has 1 aromatic rings. The van der Waals surface area contributed by atoms with Gasteiger partial charge in [0.2, 0.25) is 0 Å². The zero-order chi connectivity index (χ0) is 10.2. The van der Waals surface area contributed by atoms with Gasteiger partial charge in [0, 0.05) is 0 Å². The molecule has 2 heteroatoms. The zero-order valence-electron chi connectivity index (χ0n) is 8.49. The molecule has 0 saturated carbocycles. The monoisotopic (exact) mass is 190 g/mol. The molecular weight excluding hydrogens is 176 g/mol. The number of carbonyl (C=O) groups is 1. The fourth-order valence-electron chi connectivity index (χ4n) is 1.96. The first-order valence-electron chi connectivity index (χ1n) is 4.90. The fraction of sp³-hybridized carbons (Fsp3) is 0.417. The highest BCUT2D eigenvalue weighted by molar-refractivity contribution is 5.88. The summed E-state index contributed by atoms with van der Waals surface area (Å²) in [6, 6.07) is 9.89. The van der Waals surface area contributed by atoms with Crippen molar-refractivity contribution in [2.24, 2.45) is 5.92 Å². The molecule has 1 aliphatic heterocycles. The van der Waals surface area contributed by atoms with E-state index in [-0.39, 0.29) is 17.3 Å². The molecule has 1 heterocycles. The van der Waals surface area contributed by atoms with Crippen molar-refractivity contribution in [3.8, 4) is 0 Å². The highest BCUT2D eigenvalue weighted by Gasteiger charge is 2.52. The van der Waals surface area contributed by atoms with Gasteiger partial charge in [-0.05, 0) is 11.5 Å². The third-order valence-corrected chi connectivity index (χ3v) is 3.07. The van der Waals surface area contributed by atoms with Crippen LogP contribution in [-0.4, -0.2) is 12.6 Å². The lowest BCUT2D eigenvalue weighted by molar-refractivity contribution is -0.178. The minimum absolute atomic E-state index is 0.0845.